The average molecular weight is 274 g/mol. The maximum absolute atomic E-state index is 12.2. The van der Waals surface area contributed by atoms with E-state index in [2.05, 4.69) is 13.8 Å². The number of thiophene rings is 1. The van der Waals surface area contributed by atoms with Gasteiger partial charge in [0.1, 0.15) is 5.75 Å². The summed E-state index contributed by atoms with van der Waals surface area (Å²) in [5.41, 5.74) is 1.72. The van der Waals surface area contributed by atoms with Gasteiger partial charge in [0.15, 0.2) is 0 Å². The second-order valence-corrected chi connectivity index (χ2v) is 5.94. The van der Waals surface area contributed by atoms with Gasteiger partial charge < -0.3 is 4.74 Å². The third-order valence-electron chi connectivity index (χ3n) is 2.75. The summed E-state index contributed by atoms with van der Waals surface area (Å²) in [6.45, 7) is 6.90. The fraction of sp³-hybridized carbons (Fsp3) is 0.312. The first-order chi connectivity index (χ1) is 9.08. The molecular formula is C16H18O2S. The second-order valence-electron chi connectivity index (χ2n) is 4.99. The number of carbonyl (C=O) groups is 1. The van der Waals surface area contributed by atoms with Crippen LogP contribution in [0.15, 0.2) is 35.7 Å². The molecule has 2 rings (SSSR count). The molecule has 100 valence electrons. The van der Waals surface area contributed by atoms with Crippen LogP contribution in [0.5, 0.6) is 5.75 Å². The van der Waals surface area contributed by atoms with Crippen LogP contribution in [0.1, 0.15) is 34.6 Å². The lowest BCUT2D eigenvalue weighted by Gasteiger charge is -2.11. The van der Waals surface area contributed by atoms with Crippen LogP contribution in [-0.2, 0) is 0 Å². The molecule has 0 atom stereocenters. The minimum Gasteiger partial charge on any atom is -0.493 e. The molecule has 1 aromatic heterocycles. The van der Waals surface area contributed by atoms with Crippen LogP contribution in [0, 0.1) is 12.8 Å². The summed E-state index contributed by atoms with van der Waals surface area (Å²) in [6, 6.07) is 9.37. The van der Waals surface area contributed by atoms with Gasteiger partial charge in [-0.2, -0.15) is 0 Å². The average Bonchev–Trinajstić information content (AvgIpc) is 2.90. The van der Waals surface area contributed by atoms with Crippen molar-refractivity contribution in [3.63, 3.8) is 0 Å². The van der Waals surface area contributed by atoms with Crippen molar-refractivity contribution in [1.29, 1.82) is 0 Å². The Balaban J connectivity index is 2.17. The lowest BCUT2D eigenvalue weighted by atomic mass is 10.1. The monoisotopic (exact) mass is 274 g/mol. The van der Waals surface area contributed by atoms with Crippen LogP contribution in [0.4, 0.5) is 0 Å². The van der Waals surface area contributed by atoms with Crippen molar-refractivity contribution in [2.24, 2.45) is 5.92 Å². The standard InChI is InChI=1S/C16H18O2S/c1-11(2)10-18-14-7-6-13(9-12(14)3)16(17)15-5-4-8-19-15/h4-9,11H,10H2,1-3H3. The van der Waals surface area contributed by atoms with Crippen LogP contribution in [-0.4, -0.2) is 12.4 Å². The number of hydrogen-bond acceptors (Lipinski definition) is 3. The number of hydrogen-bond donors (Lipinski definition) is 0. The van der Waals surface area contributed by atoms with E-state index >= 15 is 0 Å². The molecule has 1 heterocycles. The zero-order valence-electron chi connectivity index (χ0n) is 11.5. The minimum absolute atomic E-state index is 0.0773. The zero-order valence-corrected chi connectivity index (χ0v) is 12.3. The predicted molar refractivity (Wildman–Crippen MR) is 79.3 cm³/mol. The van der Waals surface area contributed by atoms with Crippen molar-refractivity contribution >= 4 is 17.1 Å². The molecule has 0 bridgehead atoms. The van der Waals surface area contributed by atoms with Crippen LogP contribution in [0.25, 0.3) is 0 Å². The van der Waals surface area contributed by atoms with E-state index in [1.807, 2.05) is 42.6 Å². The summed E-state index contributed by atoms with van der Waals surface area (Å²) in [5.74, 6) is 1.43. The Hall–Kier alpha value is -1.61. The lowest BCUT2D eigenvalue weighted by Crippen LogP contribution is -2.06. The third-order valence-corrected chi connectivity index (χ3v) is 3.62. The second kappa shape index (κ2) is 6.02. The molecule has 0 amide bonds. The quantitative estimate of drug-likeness (QED) is 0.759. The van der Waals surface area contributed by atoms with Crippen LogP contribution in [0.2, 0.25) is 0 Å². The van der Waals surface area contributed by atoms with E-state index in [1.165, 1.54) is 11.3 Å². The molecule has 0 aliphatic carbocycles. The molecule has 0 N–H and O–H groups in total. The van der Waals surface area contributed by atoms with Crippen LogP contribution >= 0.6 is 11.3 Å². The molecule has 0 radical (unpaired) electrons. The lowest BCUT2D eigenvalue weighted by molar-refractivity contribution is 0.104. The third kappa shape index (κ3) is 3.44. The van der Waals surface area contributed by atoms with E-state index in [9.17, 15) is 4.79 Å². The first-order valence-electron chi connectivity index (χ1n) is 6.39. The topological polar surface area (TPSA) is 26.3 Å². The SMILES string of the molecule is Cc1cc(C(=O)c2cccs2)ccc1OCC(C)C. The van der Waals surface area contributed by atoms with Crippen molar-refractivity contribution in [3.05, 3.63) is 51.7 Å². The first kappa shape index (κ1) is 13.8. The first-order valence-corrected chi connectivity index (χ1v) is 7.27. The van der Waals surface area contributed by atoms with Gasteiger partial charge in [-0.3, -0.25) is 4.79 Å². The molecule has 0 saturated heterocycles. The van der Waals surface area contributed by atoms with Gasteiger partial charge in [0.2, 0.25) is 5.78 Å². The number of ether oxygens (including phenoxy) is 1. The van der Waals surface area contributed by atoms with Crippen molar-refractivity contribution in [2.75, 3.05) is 6.61 Å². The van der Waals surface area contributed by atoms with Crippen LogP contribution < -0.4 is 4.74 Å². The molecule has 0 aliphatic heterocycles. The van der Waals surface area contributed by atoms with Gasteiger partial charge in [0.05, 0.1) is 11.5 Å². The number of rotatable bonds is 5. The summed E-state index contributed by atoms with van der Waals surface area (Å²) in [5, 5.41) is 1.92. The Kier molecular flexibility index (Phi) is 4.38. The van der Waals surface area contributed by atoms with Crippen molar-refractivity contribution < 1.29 is 9.53 Å². The Bertz CT molecular complexity index is 556. The number of ketones is 1. The summed E-state index contributed by atoms with van der Waals surface area (Å²) >= 11 is 1.47. The van der Waals surface area contributed by atoms with Gasteiger partial charge >= 0.3 is 0 Å². The summed E-state index contributed by atoms with van der Waals surface area (Å²) in [7, 11) is 0. The van der Waals surface area contributed by atoms with Crippen LogP contribution in [0.3, 0.4) is 0 Å². The Morgan fingerprint density at radius 1 is 1.32 bits per heavy atom. The molecule has 0 fully saturated rings. The highest BCUT2D eigenvalue weighted by molar-refractivity contribution is 7.12. The van der Waals surface area contributed by atoms with E-state index in [0.717, 1.165) is 21.8 Å². The van der Waals surface area contributed by atoms with E-state index in [1.54, 1.807) is 0 Å². The van der Waals surface area contributed by atoms with Crippen molar-refractivity contribution in [3.8, 4) is 5.75 Å². The molecule has 19 heavy (non-hydrogen) atoms. The highest BCUT2D eigenvalue weighted by Crippen LogP contribution is 2.22. The smallest absolute Gasteiger partial charge is 0.202 e. The Morgan fingerprint density at radius 3 is 2.68 bits per heavy atom. The summed E-state index contributed by atoms with van der Waals surface area (Å²) in [6.07, 6.45) is 0. The molecular weight excluding hydrogens is 256 g/mol. The maximum atomic E-state index is 12.2. The fourth-order valence-corrected chi connectivity index (χ4v) is 2.44. The molecule has 0 spiro atoms. The fourth-order valence-electron chi connectivity index (χ4n) is 1.76. The molecule has 3 heteroatoms. The zero-order chi connectivity index (χ0) is 13.8. The van der Waals surface area contributed by atoms with Gasteiger partial charge in [-0.05, 0) is 48.1 Å². The number of carbonyl (C=O) groups excluding carboxylic acids is 1. The minimum atomic E-state index is 0.0773. The van der Waals surface area contributed by atoms with Gasteiger partial charge in [0.25, 0.3) is 0 Å². The van der Waals surface area contributed by atoms with E-state index in [-0.39, 0.29) is 5.78 Å². The molecule has 0 saturated carbocycles. The highest BCUT2D eigenvalue weighted by Gasteiger charge is 2.11. The van der Waals surface area contributed by atoms with Gasteiger partial charge in [-0.25, -0.2) is 0 Å². The Morgan fingerprint density at radius 2 is 2.11 bits per heavy atom. The van der Waals surface area contributed by atoms with Crippen molar-refractivity contribution in [1.82, 2.24) is 0 Å². The van der Waals surface area contributed by atoms with E-state index in [0.29, 0.717) is 12.5 Å². The van der Waals surface area contributed by atoms with E-state index in [4.69, 9.17) is 4.74 Å². The molecule has 0 aliphatic rings. The number of aryl methyl sites for hydroxylation is 1. The summed E-state index contributed by atoms with van der Waals surface area (Å²) < 4.78 is 5.71. The normalized spacial score (nSPS) is 10.7. The van der Waals surface area contributed by atoms with E-state index < -0.39 is 0 Å². The molecule has 1 aromatic carbocycles. The van der Waals surface area contributed by atoms with Gasteiger partial charge in [-0.1, -0.05) is 19.9 Å². The van der Waals surface area contributed by atoms with Gasteiger partial charge in [-0.15, -0.1) is 11.3 Å². The molecule has 2 nitrogen and oxygen atoms in total. The molecule has 0 unspecified atom stereocenters. The largest absolute Gasteiger partial charge is 0.493 e. The van der Waals surface area contributed by atoms with Crippen molar-refractivity contribution in [2.45, 2.75) is 20.8 Å². The maximum Gasteiger partial charge on any atom is 0.202 e. The summed E-state index contributed by atoms with van der Waals surface area (Å²) in [4.78, 5) is 13.0. The predicted octanol–water partition coefficient (Wildman–Crippen LogP) is 4.32. The highest BCUT2D eigenvalue weighted by atomic mass is 32.1. The van der Waals surface area contributed by atoms with Gasteiger partial charge in [0, 0.05) is 5.56 Å². The Labute approximate surface area is 118 Å². The molecule has 2 aromatic rings. The number of benzene rings is 1.